The first kappa shape index (κ1) is 15.8. The van der Waals surface area contributed by atoms with Crippen molar-refractivity contribution in [2.75, 3.05) is 6.54 Å². The van der Waals surface area contributed by atoms with Crippen LogP contribution in [0.25, 0.3) is 10.9 Å². The van der Waals surface area contributed by atoms with E-state index in [2.05, 4.69) is 20.6 Å². The summed E-state index contributed by atoms with van der Waals surface area (Å²) in [6.07, 6.45) is 4.37. The number of aryl methyl sites for hydroxylation is 1. The van der Waals surface area contributed by atoms with Crippen LogP contribution in [-0.4, -0.2) is 32.4 Å². The van der Waals surface area contributed by atoms with Gasteiger partial charge in [-0.2, -0.15) is 0 Å². The number of rotatable bonds is 6. The Balaban J connectivity index is 1.53. The second-order valence-electron chi connectivity index (χ2n) is 5.34. The minimum atomic E-state index is -0.231. The molecule has 0 spiro atoms. The molecule has 7 nitrogen and oxygen atoms in total. The van der Waals surface area contributed by atoms with E-state index in [0.29, 0.717) is 17.4 Å². The molecule has 0 fully saturated rings. The number of fused-ring (bicyclic) bond motifs is 1. The van der Waals surface area contributed by atoms with E-state index in [4.69, 9.17) is 0 Å². The Morgan fingerprint density at radius 1 is 1.12 bits per heavy atom. The minimum Gasteiger partial charge on any atom is -0.356 e. The predicted octanol–water partition coefficient (Wildman–Crippen LogP) is 0.935. The molecule has 2 heterocycles. The predicted molar refractivity (Wildman–Crippen MR) is 89.4 cm³/mol. The van der Waals surface area contributed by atoms with Gasteiger partial charge in [0.25, 0.3) is 5.56 Å². The van der Waals surface area contributed by atoms with Crippen LogP contribution in [0.2, 0.25) is 0 Å². The number of nitrogens with one attached hydrogen (secondary N) is 1. The smallest absolute Gasteiger partial charge is 0.277 e. The molecule has 7 heteroatoms. The fourth-order valence-corrected chi connectivity index (χ4v) is 2.36. The molecule has 1 amide bonds. The van der Waals surface area contributed by atoms with E-state index >= 15 is 0 Å². The van der Waals surface area contributed by atoms with E-state index in [1.807, 2.05) is 12.1 Å². The molecule has 0 aliphatic carbocycles. The van der Waals surface area contributed by atoms with Crippen molar-refractivity contribution in [3.63, 3.8) is 0 Å². The van der Waals surface area contributed by atoms with Crippen LogP contribution >= 0.6 is 0 Å². The highest BCUT2D eigenvalue weighted by atomic mass is 16.2. The van der Waals surface area contributed by atoms with Gasteiger partial charge >= 0.3 is 0 Å². The van der Waals surface area contributed by atoms with Gasteiger partial charge in [-0.1, -0.05) is 17.3 Å². The van der Waals surface area contributed by atoms with Gasteiger partial charge in [0.05, 0.1) is 11.9 Å². The van der Waals surface area contributed by atoms with E-state index in [1.165, 1.54) is 4.68 Å². The normalized spacial score (nSPS) is 10.7. The molecule has 24 heavy (non-hydrogen) atoms. The van der Waals surface area contributed by atoms with Gasteiger partial charge in [0.2, 0.25) is 5.91 Å². The number of pyridine rings is 1. The highest BCUT2D eigenvalue weighted by molar-refractivity contribution is 5.77. The highest BCUT2D eigenvalue weighted by Gasteiger charge is 2.07. The molecule has 0 aliphatic rings. The van der Waals surface area contributed by atoms with E-state index < -0.39 is 0 Å². The van der Waals surface area contributed by atoms with Gasteiger partial charge in [0.1, 0.15) is 5.52 Å². The van der Waals surface area contributed by atoms with Crippen molar-refractivity contribution in [2.24, 2.45) is 0 Å². The number of amides is 1. The zero-order valence-corrected chi connectivity index (χ0v) is 13.1. The third-order valence-corrected chi connectivity index (χ3v) is 3.67. The molecular formula is C17H17N5O2. The zero-order valence-electron chi connectivity index (χ0n) is 13.1. The van der Waals surface area contributed by atoms with Crippen LogP contribution in [0, 0.1) is 0 Å². The standard InChI is InChI=1S/C17H17N5O2/c23-16(19-11-7-13-5-9-18-10-6-13)8-12-22-17(24)14-3-1-2-4-15(14)20-21-22/h1-6,9-10H,7-8,11-12H2,(H,19,23). The Kier molecular flexibility index (Phi) is 4.90. The van der Waals surface area contributed by atoms with Gasteiger partial charge in [-0.05, 0) is 36.2 Å². The van der Waals surface area contributed by atoms with Gasteiger partial charge in [-0.3, -0.25) is 14.6 Å². The van der Waals surface area contributed by atoms with Crippen LogP contribution in [0.5, 0.6) is 0 Å². The summed E-state index contributed by atoms with van der Waals surface area (Å²) in [4.78, 5) is 28.1. The SMILES string of the molecule is O=C(CCn1nnc2ccccc2c1=O)NCCc1ccncc1. The lowest BCUT2D eigenvalue weighted by atomic mass is 10.2. The monoisotopic (exact) mass is 323 g/mol. The van der Waals surface area contributed by atoms with Crippen LogP contribution in [0.15, 0.2) is 53.6 Å². The summed E-state index contributed by atoms with van der Waals surface area (Å²) in [5, 5.41) is 11.2. The summed E-state index contributed by atoms with van der Waals surface area (Å²) in [5.41, 5.74) is 1.44. The van der Waals surface area contributed by atoms with Crippen molar-refractivity contribution in [1.29, 1.82) is 0 Å². The van der Waals surface area contributed by atoms with Crippen molar-refractivity contribution in [3.8, 4) is 0 Å². The average Bonchev–Trinajstić information content (AvgIpc) is 2.62. The minimum absolute atomic E-state index is 0.120. The number of carbonyl (C=O) groups excluding carboxylic acids is 1. The first-order chi connectivity index (χ1) is 11.7. The molecule has 0 saturated heterocycles. The summed E-state index contributed by atoms with van der Waals surface area (Å²) in [6.45, 7) is 0.749. The second-order valence-corrected chi connectivity index (χ2v) is 5.34. The van der Waals surface area contributed by atoms with Crippen molar-refractivity contribution in [2.45, 2.75) is 19.4 Å². The molecule has 0 aliphatic heterocycles. The van der Waals surface area contributed by atoms with Crippen molar-refractivity contribution >= 4 is 16.8 Å². The first-order valence-corrected chi connectivity index (χ1v) is 7.72. The van der Waals surface area contributed by atoms with Crippen LogP contribution < -0.4 is 10.9 Å². The molecule has 1 N–H and O–H groups in total. The number of nitrogens with zero attached hydrogens (tertiary/aromatic N) is 4. The average molecular weight is 323 g/mol. The maximum atomic E-state index is 12.3. The number of benzene rings is 1. The molecule has 0 bridgehead atoms. The largest absolute Gasteiger partial charge is 0.356 e. The van der Waals surface area contributed by atoms with Crippen LogP contribution in [-0.2, 0) is 17.8 Å². The maximum Gasteiger partial charge on any atom is 0.277 e. The summed E-state index contributed by atoms with van der Waals surface area (Å²) in [5.74, 6) is -0.120. The molecular weight excluding hydrogens is 306 g/mol. The van der Waals surface area contributed by atoms with Gasteiger partial charge in [-0.15, -0.1) is 5.10 Å². The third-order valence-electron chi connectivity index (χ3n) is 3.67. The Morgan fingerprint density at radius 2 is 1.92 bits per heavy atom. The molecule has 0 atom stereocenters. The van der Waals surface area contributed by atoms with E-state index in [0.717, 1.165) is 12.0 Å². The molecule has 1 aromatic carbocycles. The maximum absolute atomic E-state index is 12.3. The highest BCUT2D eigenvalue weighted by Crippen LogP contribution is 2.03. The van der Waals surface area contributed by atoms with E-state index in [9.17, 15) is 9.59 Å². The van der Waals surface area contributed by atoms with E-state index in [1.54, 1.807) is 36.7 Å². The fraction of sp³-hybridized carbons (Fsp3) is 0.235. The molecule has 0 unspecified atom stereocenters. The van der Waals surface area contributed by atoms with E-state index in [-0.39, 0.29) is 24.4 Å². The van der Waals surface area contributed by atoms with Crippen LogP contribution in [0.1, 0.15) is 12.0 Å². The molecule has 122 valence electrons. The lowest BCUT2D eigenvalue weighted by Crippen LogP contribution is -2.30. The number of hydrogen-bond acceptors (Lipinski definition) is 5. The van der Waals surface area contributed by atoms with Gasteiger partial charge in [0, 0.05) is 25.4 Å². The topological polar surface area (TPSA) is 89.8 Å². The van der Waals surface area contributed by atoms with Gasteiger partial charge < -0.3 is 5.32 Å². The number of carbonyl (C=O) groups is 1. The summed E-state index contributed by atoms with van der Waals surface area (Å²) in [7, 11) is 0. The van der Waals surface area contributed by atoms with Crippen molar-refractivity contribution in [1.82, 2.24) is 25.3 Å². The van der Waals surface area contributed by atoms with Crippen LogP contribution in [0.3, 0.4) is 0 Å². The first-order valence-electron chi connectivity index (χ1n) is 7.72. The lowest BCUT2D eigenvalue weighted by molar-refractivity contribution is -0.121. The summed E-state index contributed by atoms with van der Waals surface area (Å²) in [6, 6.07) is 10.9. The Morgan fingerprint density at radius 3 is 2.75 bits per heavy atom. The Hall–Kier alpha value is -3.09. The quantitative estimate of drug-likeness (QED) is 0.729. The van der Waals surface area contributed by atoms with Crippen LogP contribution in [0.4, 0.5) is 0 Å². The number of aromatic nitrogens is 4. The Bertz CT molecular complexity index is 892. The van der Waals surface area contributed by atoms with Gasteiger partial charge in [-0.25, -0.2) is 4.68 Å². The van der Waals surface area contributed by atoms with Gasteiger partial charge in [0.15, 0.2) is 0 Å². The molecule has 3 rings (SSSR count). The van der Waals surface area contributed by atoms with Crippen molar-refractivity contribution in [3.05, 3.63) is 64.7 Å². The fourth-order valence-electron chi connectivity index (χ4n) is 2.36. The zero-order chi connectivity index (χ0) is 16.8. The number of hydrogen-bond donors (Lipinski definition) is 1. The van der Waals surface area contributed by atoms with Crippen molar-refractivity contribution < 1.29 is 4.79 Å². The third kappa shape index (κ3) is 3.81. The Labute approximate surface area is 138 Å². The summed E-state index contributed by atoms with van der Waals surface area (Å²) >= 11 is 0. The summed E-state index contributed by atoms with van der Waals surface area (Å²) < 4.78 is 1.23. The lowest BCUT2D eigenvalue weighted by Gasteiger charge is -2.06. The molecule has 3 aromatic rings. The molecule has 2 aromatic heterocycles. The molecule has 0 saturated carbocycles. The second kappa shape index (κ2) is 7.45. The molecule has 0 radical (unpaired) electrons.